The number of nitrogens with zero attached hydrogens (tertiary/aromatic N) is 4. The van der Waals surface area contributed by atoms with Crippen molar-refractivity contribution in [3.63, 3.8) is 0 Å². The average Bonchev–Trinajstić information content (AvgIpc) is 3.32. The van der Waals surface area contributed by atoms with E-state index in [1.54, 1.807) is 16.9 Å². The highest BCUT2D eigenvalue weighted by atomic mass is 19.4. The van der Waals surface area contributed by atoms with Crippen LogP contribution in [0.5, 0.6) is 0 Å². The monoisotopic (exact) mass is 433 g/mol. The fraction of sp³-hybridized carbons (Fsp3) is 0.381. The van der Waals surface area contributed by atoms with Gasteiger partial charge in [0.05, 0.1) is 36.3 Å². The Morgan fingerprint density at radius 1 is 1.16 bits per heavy atom. The Morgan fingerprint density at radius 3 is 2.42 bits per heavy atom. The van der Waals surface area contributed by atoms with Crippen molar-refractivity contribution in [2.75, 3.05) is 18.5 Å². The van der Waals surface area contributed by atoms with Crippen LogP contribution in [0.1, 0.15) is 31.9 Å². The maximum absolute atomic E-state index is 13.3. The maximum atomic E-state index is 13.3. The molecule has 0 aliphatic carbocycles. The number of alkyl halides is 3. The lowest BCUT2D eigenvalue weighted by Crippen LogP contribution is -2.60. The van der Waals surface area contributed by atoms with Crippen LogP contribution in [-0.2, 0) is 26.7 Å². The van der Waals surface area contributed by atoms with Gasteiger partial charge in [0.1, 0.15) is 0 Å². The summed E-state index contributed by atoms with van der Waals surface area (Å²) in [7, 11) is 0. The van der Waals surface area contributed by atoms with E-state index in [4.69, 9.17) is 4.74 Å². The molecule has 164 valence electrons. The minimum atomic E-state index is -4.52. The standard InChI is InChI=1S/C21H22F3N5O2/c1-19(2,3)15-10-26-29(11-15)20(12-31-13-20)18(30)27-16-6-5-14(21(22,23)24)9-17(16)28-8-4-7-25-28/h4-11H,12-13H2,1-3H3,(H,27,30). The minimum Gasteiger partial charge on any atom is -0.375 e. The van der Waals surface area contributed by atoms with Gasteiger partial charge in [-0.25, -0.2) is 4.68 Å². The fourth-order valence-corrected chi connectivity index (χ4v) is 3.26. The number of ether oxygens (including phenoxy) is 1. The van der Waals surface area contributed by atoms with E-state index in [-0.39, 0.29) is 30.0 Å². The average molecular weight is 433 g/mol. The van der Waals surface area contributed by atoms with Crippen molar-refractivity contribution in [2.45, 2.75) is 37.9 Å². The van der Waals surface area contributed by atoms with Gasteiger partial charge < -0.3 is 10.1 Å². The van der Waals surface area contributed by atoms with Crippen molar-refractivity contribution in [3.8, 4) is 5.69 Å². The van der Waals surface area contributed by atoms with Crippen LogP contribution in [0, 0.1) is 0 Å². The molecule has 10 heteroatoms. The van der Waals surface area contributed by atoms with E-state index in [1.807, 2.05) is 27.0 Å². The van der Waals surface area contributed by atoms with E-state index in [9.17, 15) is 18.0 Å². The molecule has 0 bridgehead atoms. The number of anilines is 1. The van der Waals surface area contributed by atoms with Crippen molar-refractivity contribution in [3.05, 3.63) is 60.2 Å². The number of nitrogens with one attached hydrogen (secondary N) is 1. The second-order valence-electron chi connectivity index (χ2n) is 8.58. The number of aromatic nitrogens is 4. The van der Waals surface area contributed by atoms with Crippen LogP contribution in [0.3, 0.4) is 0 Å². The summed E-state index contributed by atoms with van der Waals surface area (Å²) in [4.78, 5) is 13.3. The summed E-state index contributed by atoms with van der Waals surface area (Å²) in [6.45, 7) is 6.34. The molecule has 1 saturated heterocycles. The van der Waals surface area contributed by atoms with Crippen molar-refractivity contribution >= 4 is 11.6 Å². The second kappa shape index (κ2) is 7.23. The van der Waals surface area contributed by atoms with Crippen molar-refractivity contribution in [1.29, 1.82) is 0 Å². The molecular formula is C21H22F3N5O2. The maximum Gasteiger partial charge on any atom is 0.416 e. The van der Waals surface area contributed by atoms with Gasteiger partial charge in [0, 0.05) is 18.6 Å². The number of carbonyl (C=O) groups is 1. The summed E-state index contributed by atoms with van der Waals surface area (Å²) in [6, 6.07) is 4.70. The molecule has 7 nitrogen and oxygen atoms in total. The number of halogens is 3. The smallest absolute Gasteiger partial charge is 0.375 e. The highest BCUT2D eigenvalue weighted by Gasteiger charge is 2.49. The van der Waals surface area contributed by atoms with Gasteiger partial charge in [0.15, 0.2) is 5.54 Å². The molecule has 0 radical (unpaired) electrons. The first-order chi connectivity index (χ1) is 14.5. The first-order valence-electron chi connectivity index (χ1n) is 9.67. The van der Waals surface area contributed by atoms with Crippen LogP contribution in [0.15, 0.2) is 49.1 Å². The molecule has 0 spiro atoms. The van der Waals surface area contributed by atoms with Gasteiger partial charge in [-0.15, -0.1) is 0 Å². The predicted octanol–water partition coefficient (Wildman–Crippen LogP) is 3.75. The van der Waals surface area contributed by atoms with Gasteiger partial charge in [-0.3, -0.25) is 9.48 Å². The van der Waals surface area contributed by atoms with E-state index >= 15 is 0 Å². The summed E-state index contributed by atoms with van der Waals surface area (Å²) in [5.41, 5.74) is -0.789. The van der Waals surface area contributed by atoms with E-state index in [0.717, 1.165) is 17.7 Å². The molecule has 31 heavy (non-hydrogen) atoms. The molecule has 1 aromatic carbocycles. The van der Waals surface area contributed by atoms with Crippen LogP contribution < -0.4 is 5.32 Å². The Labute approximate surface area is 176 Å². The van der Waals surface area contributed by atoms with Crippen molar-refractivity contribution in [1.82, 2.24) is 19.6 Å². The van der Waals surface area contributed by atoms with Crippen molar-refractivity contribution in [2.24, 2.45) is 0 Å². The minimum absolute atomic E-state index is 0.111. The van der Waals surface area contributed by atoms with E-state index in [2.05, 4.69) is 15.5 Å². The predicted molar refractivity (Wildman–Crippen MR) is 107 cm³/mol. The molecular weight excluding hydrogens is 411 g/mol. The number of amides is 1. The second-order valence-corrected chi connectivity index (χ2v) is 8.58. The van der Waals surface area contributed by atoms with E-state index in [1.165, 1.54) is 23.1 Å². The highest BCUT2D eigenvalue weighted by Crippen LogP contribution is 2.35. The first-order valence-corrected chi connectivity index (χ1v) is 9.67. The third-order valence-corrected chi connectivity index (χ3v) is 5.32. The molecule has 1 fully saturated rings. The lowest BCUT2D eigenvalue weighted by atomic mass is 9.89. The summed E-state index contributed by atoms with van der Waals surface area (Å²) < 4.78 is 47.9. The van der Waals surface area contributed by atoms with Gasteiger partial charge in [0.25, 0.3) is 5.91 Å². The Hall–Kier alpha value is -3.14. The SMILES string of the molecule is CC(C)(C)c1cnn(C2(C(=O)Nc3ccc(C(F)(F)F)cc3-n3cccn3)COC2)c1. The third kappa shape index (κ3) is 3.83. The molecule has 0 atom stereocenters. The molecule has 1 amide bonds. The molecule has 4 rings (SSSR count). The Morgan fingerprint density at radius 2 is 1.90 bits per heavy atom. The van der Waals surface area contributed by atoms with Gasteiger partial charge >= 0.3 is 6.18 Å². The third-order valence-electron chi connectivity index (χ3n) is 5.32. The molecule has 1 aliphatic rings. The topological polar surface area (TPSA) is 74.0 Å². The first kappa shape index (κ1) is 21.1. The Bertz CT molecular complexity index is 1090. The zero-order chi connectivity index (χ0) is 22.4. The number of hydrogen-bond donors (Lipinski definition) is 1. The van der Waals surface area contributed by atoms with Gasteiger partial charge in [-0.05, 0) is 35.2 Å². The largest absolute Gasteiger partial charge is 0.416 e. The molecule has 3 aromatic rings. The molecule has 1 N–H and O–H groups in total. The van der Waals surface area contributed by atoms with E-state index in [0.29, 0.717) is 0 Å². The summed E-state index contributed by atoms with van der Waals surface area (Å²) in [5, 5.41) is 11.1. The molecule has 0 unspecified atom stereocenters. The van der Waals surface area contributed by atoms with Crippen LogP contribution >= 0.6 is 0 Å². The van der Waals surface area contributed by atoms with Crippen LogP contribution in [0.4, 0.5) is 18.9 Å². The summed E-state index contributed by atoms with van der Waals surface area (Å²) >= 11 is 0. The molecule has 1 aliphatic heterocycles. The lowest BCUT2D eigenvalue weighted by Gasteiger charge is -2.40. The van der Waals surface area contributed by atoms with Crippen LogP contribution in [0.2, 0.25) is 0 Å². The van der Waals surface area contributed by atoms with Crippen molar-refractivity contribution < 1.29 is 22.7 Å². The van der Waals surface area contributed by atoms with Crippen LogP contribution in [0.25, 0.3) is 5.69 Å². The zero-order valence-corrected chi connectivity index (χ0v) is 17.3. The van der Waals surface area contributed by atoms with Gasteiger partial charge in [-0.2, -0.15) is 23.4 Å². The van der Waals surface area contributed by atoms with E-state index < -0.39 is 23.2 Å². The fourth-order valence-electron chi connectivity index (χ4n) is 3.26. The highest BCUT2D eigenvalue weighted by molar-refractivity contribution is 5.99. The van der Waals surface area contributed by atoms with Gasteiger partial charge in [-0.1, -0.05) is 20.8 Å². The number of benzene rings is 1. The zero-order valence-electron chi connectivity index (χ0n) is 17.3. The molecule has 3 heterocycles. The number of hydrogen-bond acceptors (Lipinski definition) is 4. The summed E-state index contributed by atoms with van der Waals surface area (Å²) in [5.74, 6) is -0.421. The lowest BCUT2D eigenvalue weighted by molar-refractivity contribution is -0.153. The van der Waals surface area contributed by atoms with Gasteiger partial charge in [0.2, 0.25) is 0 Å². The quantitative estimate of drug-likeness (QED) is 0.680. The summed E-state index contributed by atoms with van der Waals surface area (Å²) in [6.07, 6.45) is 1.96. The molecule has 2 aromatic heterocycles. The Kier molecular flexibility index (Phi) is 4.92. The normalized spacial score (nSPS) is 16.1. The number of carbonyl (C=O) groups excluding carboxylic acids is 1. The Balaban J connectivity index is 1.68. The molecule has 0 saturated carbocycles. The number of rotatable bonds is 4. The van der Waals surface area contributed by atoms with Crippen LogP contribution in [-0.4, -0.2) is 38.7 Å².